The van der Waals surface area contributed by atoms with Crippen molar-refractivity contribution in [2.75, 3.05) is 39.6 Å². The van der Waals surface area contributed by atoms with E-state index >= 15 is 0 Å². The lowest BCUT2D eigenvalue weighted by molar-refractivity contribution is -0.161. The number of hydrogen-bond donors (Lipinski definition) is 3. The molecule has 0 amide bonds. The molecular formula is C91H178O17P2. The number of carbonyl (C=O) groups excluding carboxylic acids is 4. The first-order valence-electron chi connectivity index (χ1n) is 46.9. The molecule has 0 spiro atoms. The smallest absolute Gasteiger partial charge is 0.462 e. The predicted octanol–water partition coefficient (Wildman–Crippen LogP) is 28.0. The standard InChI is InChI=1S/C91H178O17P2/c1-8-10-11-12-13-14-15-27-37-44-51-58-65-72-88(93)101-78-86(108-91(96)75-68-61-54-47-40-33-26-25-30-36-43-50-57-64-71-84(7)9-2)80-105-109(97,98)103-76-85(92)77-104-110(99,100)106-81-87(79-102-89(94)73-66-59-52-45-38-31-24-20-22-29-35-42-49-56-63-70-83(5)6)107-90(95)74-67-60-53-46-39-32-23-19-17-16-18-21-28-34-41-48-55-62-69-82(3)4/h82-87,92H,8-81H2,1-7H3,(H,97,98)(H,99,100)/t84?,85-,86+,87+/m0/s1. The third-order valence-corrected chi connectivity index (χ3v) is 23.6. The topological polar surface area (TPSA) is 237 Å². The van der Waals surface area contributed by atoms with Gasteiger partial charge in [0.15, 0.2) is 12.2 Å². The Labute approximate surface area is 677 Å². The maximum absolute atomic E-state index is 13.2. The summed E-state index contributed by atoms with van der Waals surface area (Å²) < 4.78 is 69.1. The van der Waals surface area contributed by atoms with Crippen LogP contribution in [0.4, 0.5) is 0 Å². The molecule has 6 atom stereocenters. The van der Waals surface area contributed by atoms with Crippen LogP contribution in [0.15, 0.2) is 0 Å². The van der Waals surface area contributed by atoms with Crippen molar-refractivity contribution in [2.24, 2.45) is 17.8 Å². The summed E-state index contributed by atoms with van der Waals surface area (Å²) in [6.45, 7) is 12.1. The molecule has 0 radical (unpaired) electrons. The Hall–Kier alpha value is -1.94. The maximum atomic E-state index is 13.2. The number of aliphatic hydroxyl groups excluding tert-OH is 1. The zero-order valence-electron chi connectivity index (χ0n) is 72.7. The quantitative estimate of drug-likeness (QED) is 0.0222. The number of phosphoric acid groups is 2. The molecule has 110 heavy (non-hydrogen) atoms. The molecule has 0 aromatic carbocycles. The summed E-state index contributed by atoms with van der Waals surface area (Å²) in [5.74, 6) is 0.377. The van der Waals surface area contributed by atoms with Crippen molar-refractivity contribution in [1.82, 2.24) is 0 Å². The van der Waals surface area contributed by atoms with Gasteiger partial charge in [0.1, 0.15) is 19.3 Å². The van der Waals surface area contributed by atoms with Gasteiger partial charge < -0.3 is 33.8 Å². The number of unbranched alkanes of at least 4 members (excludes halogenated alkanes) is 56. The molecule has 0 aliphatic rings. The third kappa shape index (κ3) is 82.6. The van der Waals surface area contributed by atoms with E-state index in [9.17, 15) is 43.2 Å². The van der Waals surface area contributed by atoms with Crippen LogP contribution in [0.1, 0.15) is 485 Å². The molecule has 0 saturated heterocycles. The minimum atomic E-state index is -4.97. The van der Waals surface area contributed by atoms with Crippen LogP contribution in [0.25, 0.3) is 0 Å². The number of hydrogen-bond acceptors (Lipinski definition) is 15. The zero-order valence-corrected chi connectivity index (χ0v) is 74.5. The minimum absolute atomic E-state index is 0.108. The molecule has 0 aromatic rings. The largest absolute Gasteiger partial charge is 0.472 e. The summed E-state index contributed by atoms with van der Waals surface area (Å²) in [5.41, 5.74) is 0. The molecule has 0 aliphatic carbocycles. The molecule has 0 rings (SSSR count). The van der Waals surface area contributed by atoms with Crippen LogP contribution in [-0.2, 0) is 65.4 Å². The molecular weight excluding hydrogens is 1430 g/mol. The summed E-state index contributed by atoms with van der Waals surface area (Å²) in [6, 6.07) is 0. The lowest BCUT2D eigenvalue weighted by Crippen LogP contribution is -2.30. The highest BCUT2D eigenvalue weighted by Crippen LogP contribution is 2.45. The molecule has 3 unspecified atom stereocenters. The molecule has 654 valence electrons. The van der Waals surface area contributed by atoms with E-state index in [4.69, 9.17) is 37.0 Å². The SMILES string of the molecule is CCCCCCCCCCCCCCCC(=O)OC[C@H](COP(=O)(O)OC[C@H](O)COP(=O)(O)OC[C@@H](COC(=O)CCCCCCCCCCCCCCCCCC(C)C)OC(=O)CCCCCCCCCCCCCCCCCCCCC(C)C)OC(=O)CCCCCCCCCCCCCCCCC(C)CC. The molecule has 3 N–H and O–H groups in total. The van der Waals surface area contributed by atoms with Gasteiger partial charge in [-0.15, -0.1) is 0 Å². The van der Waals surface area contributed by atoms with Crippen LogP contribution in [0.3, 0.4) is 0 Å². The number of aliphatic hydroxyl groups is 1. The summed E-state index contributed by atoms with van der Waals surface area (Å²) in [7, 11) is -9.94. The molecule has 0 saturated carbocycles. The third-order valence-electron chi connectivity index (χ3n) is 21.7. The predicted molar refractivity (Wildman–Crippen MR) is 455 cm³/mol. The Kier molecular flexibility index (Phi) is 79.4. The molecule has 0 aromatic heterocycles. The lowest BCUT2D eigenvalue weighted by atomic mass is 9.99. The van der Waals surface area contributed by atoms with Gasteiger partial charge in [0.2, 0.25) is 0 Å². The number of esters is 4. The van der Waals surface area contributed by atoms with Crippen LogP contribution in [0.5, 0.6) is 0 Å². The fourth-order valence-electron chi connectivity index (χ4n) is 14.2. The van der Waals surface area contributed by atoms with Crippen molar-refractivity contribution in [3.63, 3.8) is 0 Å². The highest BCUT2D eigenvalue weighted by Gasteiger charge is 2.31. The summed E-state index contributed by atoms with van der Waals surface area (Å²) >= 11 is 0. The van der Waals surface area contributed by atoms with E-state index in [0.717, 1.165) is 108 Å². The van der Waals surface area contributed by atoms with Crippen LogP contribution >= 0.6 is 15.6 Å². The van der Waals surface area contributed by atoms with Crippen molar-refractivity contribution < 1.29 is 80.2 Å². The number of rotatable bonds is 89. The second-order valence-electron chi connectivity index (χ2n) is 33.9. The van der Waals surface area contributed by atoms with E-state index in [1.165, 1.54) is 295 Å². The van der Waals surface area contributed by atoms with Crippen molar-refractivity contribution >= 4 is 39.5 Å². The van der Waals surface area contributed by atoms with Crippen LogP contribution in [-0.4, -0.2) is 96.7 Å². The number of carbonyl (C=O) groups is 4. The molecule has 19 heteroatoms. The Morgan fingerprint density at radius 2 is 0.464 bits per heavy atom. The van der Waals surface area contributed by atoms with Crippen molar-refractivity contribution in [3.8, 4) is 0 Å². The van der Waals surface area contributed by atoms with Crippen LogP contribution < -0.4 is 0 Å². The molecule has 17 nitrogen and oxygen atoms in total. The molecule has 0 bridgehead atoms. The maximum Gasteiger partial charge on any atom is 0.472 e. The highest BCUT2D eigenvalue weighted by atomic mass is 31.2. The minimum Gasteiger partial charge on any atom is -0.462 e. The van der Waals surface area contributed by atoms with Crippen molar-refractivity contribution in [3.05, 3.63) is 0 Å². The van der Waals surface area contributed by atoms with Crippen LogP contribution in [0, 0.1) is 17.8 Å². The van der Waals surface area contributed by atoms with Gasteiger partial charge >= 0.3 is 39.5 Å². The van der Waals surface area contributed by atoms with Crippen molar-refractivity contribution in [2.45, 2.75) is 503 Å². The normalized spacial score (nSPS) is 14.0. The first-order valence-corrected chi connectivity index (χ1v) is 49.9. The molecule has 0 aliphatic heterocycles. The van der Waals surface area contributed by atoms with Gasteiger partial charge in [-0.2, -0.15) is 0 Å². The van der Waals surface area contributed by atoms with E-state index in [2.05, 4.69) is 48.5 Å². The first-order chi connectivity index (χ1) is 53.3. The lowest BCUT2D eigenvalue weighted by Gasteiger charge is -2.21. The monoisotopic (exact) mass is 1610 g/mol. The summed E-state index contributed by atoms with van der Waals surface area (Å²) in [4.78, 5) is 73.5. The van der Waals surface area contributed by atoms with E-state index in [1.807, 2.05) is 0 Å². The van der Waals surface area contributed by atoms with E-state index in [1.54, 1.807) is 0 Å². The fraction of sp³-hybridized carbons (Fsp3) is 0.956. The van der Waals surface area contributed by atoms with E-state index in [-0.39, 0.29) is 25.7 Å². The Morgan fingerprint density at radius 3 is 0.691 bits per heavy atom. The number of phosphoric ester groups is 2. The summed E-state index contributed by atoms with van der Waals surface area (Å²) in [5, 5.41) is 10.7. The fourth-order valence-corrected chi connectivity index (χ4v) is 15.8. The highest BCUT2D eigenvalue weighted by molar-refractivity contribution is 7.47. The van der Waals surface area contributed by atoms with E-state index < -0.39 is 97.5 Å². The van der Waals surface area contributed by atoms with Gasteiger partial charge in [-0.25, -0.2) is 9.13 Å². The average Bonchev–Trinajstić information content (AvgIpc) is 0.900. The molecule has 0 fully saturated rings. The van der Waals surface area contributed by atoms with Crippen LogP contribution in [0.2, 0.25) is 0 Å². The number of ether oxygens (including phenoxy) is 4. The Balaban J connectivity index is 5.27. The van der Waals surface area contributed by atoms with Gasteiger partial charge in [0, 0.05) is 25.7 Å². The van der Waals surface area contributed by atoms with Gasteiger partial charge in [0.05, 0.1) is 26.4 Å². The second-order valence-corrected chi connectivity index (χ2v) is 36.8. The van der Waals surface area contributed by atoms with Gasteiger partial charge in [-0.1, -0.05) is 434 Å². The van der Waals surface area contributed by atoms with Gasteiger partial charge in [0.25, 0.3) is 0 Å². The first kappa shape index (κ1) is 108. The van der Waals surface area contributed by atoms with Crippen molar-refractivity contribution in [1.29, 1.82) is 0 Å². The van der Waals surface area contributed by atoms with E-state index in [0.29, 0.717) is 25.7 Å². The average molecular weight is 1610 g/mol. The molecule has 0 heterocycles. The second kappa shape index (κ2) is 80.8. The summed E-state index contributed by atoms with van der Waals surface area (Å²) in [6.07, 6.45) is 73.4. The zero-order chi connectivity index (χ0) is 80.8. The Bertz CT molecular complexity index is 2120. The Morgan fingerprint density at radius 1 is 0.264 bits per heavy atom. The van der Waals surface area contributed by atoms with Gasteiger partial charge in [-0.3, -0.25) is 37.3 Å². The van der Waals surface area contributed by atoms with Gasteiger partial charge in [-0.05, 0) is 43.4 Å².